The number of rotatable bonds is 4. The molecule has 0 saturated carbocycles. The van der Waals surface area contributed by atoms with Crippen LogP contribution < -0.4 is 0 Å². The maximum Gasteiger partial charge on any atom is 0.178 e. The molecule has 0 radical (unpaired) electrons. The van der Waals surface area contributed by atoms with Crippen LogP contribution in [0.1, 0.15) is 0 Å². The first-order chi connectivity index (χ1) is 20.3. The Morgan fingerprint density at radius 3 is 2.07 bits per heavy atom. The van der Waals surface area contributed by atoms with Crippen LogP contribution in [0.25, 0.3) is 72.4 Å². The van der Waals surface area contributed by atoms with Gasteiger partial charge in [-0.25, -0.2) is 19.9 Å². The smallest absolute Gasteiger partial charge is 0.178 e. The number of nitrogens with zero attached hydrogens (tertiary/aromatic N) is 7. The van der Waals surface area contributed by atoms with E-state index in [1.807, 2.05) is 60.7 Å². The molecule has 192 valence electrons. The Balaban J connectivity index is 1.35. The lowest BCUT2D eigenvalue weighted by Gasteiger charge is -2.12. The molecular formula is C34H21N7. The fraction of sp³-hybridized carbons (Fsp3) is 0. The van der Waals surface area contributed by atoms with Gasteiger partial charge in [0.05, 0.1) is 22.4 Å². The predicted molar refractivity (Wildman–Crippen MR) is 161 cm³/mol. The Labute approximate surface area is 234 Å². The molecule has 0 unspecified atom stereocenters. The van der Waals surface area contributed by atoms with Gasteiger partial charge >= 0.3 is 0 Å². The highest BCUT2D eigenvalue weighted by atomic mass is 15.5. The number of hydrogen-bond acceptors (Lipinski definition) is 6. The zero-order valence-corrected chi connectivity index (χ0v) is 21.8. The summed E-state index contributed by atoms with van der Waals surface area (Å²) < 4.78 is 0. The summed E-state index contributed by atoms with van der Waals surface area (Å²) in [4.78, 5) is 20.7. The second-order valence-corrected chi connectivity index (χ2v) is 9.75. The van der Waals surface area contributed by atoms with Crippen LogP contribution in [0.5, 0.6) is 0 Å². The van der Waals surface area contributed by atoms with Crippen molar-refractivity contribution in [3.05, 3.63) is 128 Å². The zero-order valence-electron chi connectivity index (χ0n) is 21.8. The van der Waals surface area contributed by atoms with E-state index in [0.717, 1.165) is 60.9 Å². The third-order valence-electron chi connectivity index (χ3n) is 7.18. The molecule has 7 nitrogen and oxygen atoms in total. The minimum atomic E-state index is 0.575. The SMILES string of the molecule is c1ccc(-c2ccc3cc(-c4ccc5nn(-c6ccccc6)nc5c4)c4ccc(-c5ncccn5)nc4c3n2)cc1. The zero-order chi connectivity index (χ0) is 27.2. The standard InChI is InChI=1S/C34H21N7/c1-3-8-22(9-4-1)28-15-13-24-20-27(23-12-16-29-31(21-23)40-41(39-29)25-10-5-2-6-11-25)26-14-17-30(34-35-18-7-19-36-34)38-33(26)32(24)37-28/h1-21H. The second-order valence-electron chi connectivity index (χ2n) is 9.75. The molecule has 0 saturated heterocycles. The van der Waals surface area contributed by atoms with E-state index in [1.54, 1.807) is 23.3 Å². The first-order valence-electron chi connectivity index (χ1n) is 13.3. The molecule has 8 aromatic rings. The Bertz CT molecular complexity index is 2190. The van der Waals surface area contributed by atoms with E-state index in [2.05, 4.69) is 63.6 Å². The highest BCUT2D eigenvalue weighted by molar-refractivity contribution is 6.11. The molecule has 0 fully saturated rings. The van der Waals surface area contributed by atoms with Gasteiger partial charge in [-0.15, -0.1) is 10.2 Å². The van der Waals surface area contributed by atoms with Crippen molar-refractivity contribution in [2.45, 2.75) is 0 Å². The van der Waals surface area contributed by atoms with Gasteiger partial charge in [-0.2, -0.15) is 4.80 Å². The fourth-order valence-corrected chi connectivity index (χ4v) is 5.19. The van der Waals surface area contributed by atoms with Crippen molar-refractivity contribution >= 4 is 32.8 Å². The summed E-state index contributed by atoms with van der Waals surface area (Å²) in [6.45, 7) is 0. The van der Waals surface area contributed by atoms with Gasteiger partial charge in [0.15, 0.2) is 5.82 Å². The molecule has 0 aliphatic heterocycles. The van der Waals surface area contributed by atoms with Crippen LogP contribution in [0, 0.1) is 0 Å². The molecule has 0 N–H and O–H groups in total. The van der Waals surface area contributed by atoms with Crippen LogP contribution >= 0.6 is 0 Å². The van der Waals surface area contributed by atoms with E-state index in [9.17, 15) is 0 Å². The van der Waals surface area contributed by atoms with Gasteiger partial charge in [0.2, 0.25) is 0 Å². The number of benzene rings is 4. The molecule has 0 atom stereocenters. The van der Waals surface area contributed by atoms with Crippen molar-refractivity contribution in [3.8, 4) is 39.6 Å². The Kier molecular flexibility index (Phi) is 5.31. The van der Waals surface area contributed by atoms with E-state index in [4.69, 9.17) is 15.1 Å². The van der Waals surface area contributed by atoms with E-state index < -0.39 is 0 Å². The Morgan fingerprint density at radius 2 is 1.24 bits per heavy atom. The summed E-state index contributed by atoms with van der Waals surface area (Å²) >= 11 is 0. The van der Waals surface area contributed by atoms with E-state index >= 15 is 0 Å². The van der Waals surface area contributed by atoms with Gasteiger partial charge < -0.3 is 0 Å². The summed E-state index contributed by atoms with van der Waals surface area (Å²) in [5, 5.41) is 11.4. The molecule has 0 bridgehead atoms. The lowest BCUT2D eigenvalue weighted by molar-refractivity contribution is 0.766. The molecular weight excluding hydrogens is 506 g/mol. The summed E-state index contributed by atoms with van der Waals surface area (Å²) in [7, 11) is 0. The van der Waals surface area contributed by atoms with Gasteiger partial charge in [0.25, 0.3) is 0 Å². The molecule has 8 rings (SSSR count). The maximum absolute atomic E-state index is 5.10. The molecule has 0 spiro atoms. The average molecular weight is 528 g/mol. The number of pyridine rings is 2. The van der Waals surface area contributed by atoms with Crippen molar-refractivity contribution in [2.24, 2.45) is 0 Å². The number of hydrogen-bond donors (Lipinski definition) is 0. The van der Waals surface area contributed by atoms with Crippen molar-refractivity contribution in [3.63, 3.8) is 0 Å². The van der Waals surface area contributed by atoms with Crippen LogP contribution in [0.2, 0.25) is 0 Å². The molecule has 7 heteroatoms. The predicted octanol–water partition coefficient (Wildman–Crippen LogP) is 7.31. The number of aromatic nitrogens is 7. The minimum Gasteiger partial charge on any atom is -0.245 e. The highest BCUT2D eigenvalue weighted by Crippen LogP contribution is 2.36. The van der Waals surface area contributed by atoms with E-state index in [-0.39, 0.29) is 0 Å². The molecule has 0 aliphatic carbocycles. The lowest BCUT2D eigenvalue weighted by Crippen LogP contribution is -1.97. The second kappa shape index (κ2) is 9.43. The van der Waals surface area contributed by atoms with Gasteiger partial charge in [0.1, 0.15) is 16.7 Å². The van der Waals surface area contributed by atoms with E-state index in [0.29, 0.717) is 11.5 Å². The molecule has 4 heterocycles. The monoisotopic (exact) mass is 527 g/mol. The van der Waals surface area contributed by atoms with Crippen molar-refractivity contribution in [1.82, 2.24) is 34.9 Å². The summed E-state index contributed by atoms with van der Waals surface area (Å²) in [5.41, 5.74) is 8.93. The Morgan fingerprint density at radius 1 is 0.512 bits per heavy atom. The van der Waals surface area contributed by atoms with E-state index in [1.165, 1.54) is 0 Å². The van der Waals surface area contributed by atoms with Crippen molar-refractivity contribution < 1.29 is 0 Å². The average Bonchev–Trinajstić information content (AvgIpc) is 3.49. The fourth-order valence-electron chi connectivity index (χ4n) is 5.19. The highest BCUT2D eigenvalue weighted by Gasteiger charge is 2.16. The summed E-state index contributed by atoms with van der Waals surface area (Å²) in [6, 6.07) is 38.5. The largest absolute Gasteiger partial charge is 0.245 e. The first-order valence-corrected chi connectivity index (χ1v) is 13.3. The van der Waals surface area contributed by atoms with Crippen LogP contribution in [0.3, 0.4) is 0 Å². The first kappa shape index (κ1) is 23.1. The van der Waals surface area contributed by atoms with Crippen LogP contribution in [-0.4, -0.2) is 34.9 Å². The molecule has 0 aliphatic rings. The minimum absolute atomic E-state index is 0.575. The quantitative estimate of drug-likeness (QED) is 0.223. The molecule has 4 aromatic heterocycles. The van der Waals surface area contributed by atoms with Gasteiger partial charge in [-0.05, 0) is 65.7 Å². The van der Waals surface area contributed by atoms with Crippen molar-refractivity contribution in [2.75, 3.05) is 0 Å². The van der Waals surface area contributed by atoms with Crippen LogP contribution in [-0.2, 0) is 0 Å². The third kappa shape index (κ3) is 4.08. The maximum atomic E-state index is 5.10. The van der Waals surface area contributed by atoms with Gasteiger partial charge in [-0.3, -0.25) is 0 Å². The molecule has 0 amide bonds. The molecule has 41 heavy (non-hydrogen) atoms. The normalized spacial score (nSPS) is 11.4. The number of fused-ring (bicyclic) bond motifs is 4. The third-order valence-corrected chi connectivity index (χ3v) is 7.18. The Hall–Kier alpha value is -5.82. The number of para-hydroxylation sites is 1. The van der Waals surface area contributed by atoms with Crippen LogP contribution in [0.15, 0.2) is 128 Å². The molecule has 4 aromatic carbocycles. The summed E-state index contributed by atoms with van der Waals surface area (Å²) in [6.07, 6.45) is 3.46. The van der Waals surface area contributed by atoms with Gasteiger partial charge in [0, 0.05) is 28.7 Å². The lowest BCUT2D eigenvalue weighted by atomic mass is 9.96. The topological polar surface area (TPSA) is 82.3 Å². The van der Waals surface area contributed by atoms with Gasteiger partial charge in [-0.1, -0.05) is 60.7 Å². The van der Waals surface area contributed by atoms with Crippen LogP contribution in [0.4, 0.5) is 0 Å². The van der Waals surface area contributed by atoms with Crippen molar-refractivity contribution in [1.29, 1.82) is 0 Å². The summed E-state index contributed by atoms with van der Waals surface area (Å²) in [5.74, 6) is 0.575.